The fourth-order valence-corrected chi connectivity index (χ4v) is 6.39. The fraction of sp³-hybridized carbons (Fsp3) is 0.452. The van der Waals surface area contributed by atoms with Gasteiger partial charge in [-0.05, 0) is 60.8 Å². The van der Waals surface area contributed by atoms with Crippen LogP contribution in [0.4, 0.5) is 13.2 Å². The second-order valence-corrected chi connectivity index (χ2v) is 10.9. The van der Waals surface area contributed by atoms with Crippen LogP contribution in [0.1, 0.15) is 83.5 Å². The first-order valence-corrected chi connectivity index (χ1v) is 13.7. The lowest BCUT2D eigenvalue weighted by Gasteiger charge is -2.38. The molecule has 1 saturated heterocycles. The Morgan fingerprint density at radius 3 is 2.54 bits per heavy atom. The Bertz CT molecular complexity index is 1430. The van der Waals surface area contributed by atoms with Crippen molar-refractivity contribution in [3.63, 3.8) is 0 Å². The molecule has 1 aliphatic heterocycles. The van der Waals surface area contributed by atoms with Crippen LogP contribution in [0.5, 0.6) is 0 Å². The minimum atomic E-state index is -4.66. The van der Waals surface area contributed by atoms with E-state index in [2.05, 4.69) is 16.5 Å². The third-order valence-corrected chi connectivity index (χ3v) is 8.46. The highest BCUT2D eigenvalue weighted by Gasteiger charge is 2.39. The van der Waals surface area contributed by atoms with Crippen LogP contribution in [0.2, 0.25) is 0 Å². The van der Waals surface area contributed by atoms with Gasteiger partial charge >= 0.3 is 6.18 Å². The SMILES string of the molecule is C=C(C1CCCCC1)N1CCC(c2cn(C)c3ncc(CC(=O)c4cccc(C#N)c4)c(C(F)(F)F)c23)CC1. The van der Waals surface area contributed by atoms with Crippen molar-refractivity contribution in [2.24, 2.45) is 13.0 Å². The summed E-state index contributed by atoms with van der Waals surface area (Å²) in [5.74, 6) is -0.00105. The Labute approximate surface area is 226 Å². The number of Topliss-reactive ketones (excluding diaryl/α,β-unsaturated/α-hetero) is 1. The number of hydrogen-bond acceptors (Lipinski definition) is 4. The molecule has 0 spiro atoms. The number of carbonyl (C=O) groups is 1. The summed E-state index contributed by atoms with van der Waals surface area (Å²) in [7, 11) is 1.72. The van der Waals surface area contributed by atoms with Gasteiger partial charge in [-0.25, -0.2) is 4.98 Å². The quantitative estimate of drug-likeness (QED) is 0.315. The average molecular weight is 535 g/mol. The topological polar surface area (TPSA) is 61.9 Å². The lowest BCUT2D eigenvalue weighted by atomic mass is 9.84. The number of aromatic nitrogens is 2. The van der Waals surface area contributed by atoms with Gasteiger partial charge in [0.15, 0.2) is 5.78 Å². The summed E-state index contributed by atoms with van der Waals surface area (Å²) in [5, 5.41) is 9.24. The molecule has 2 fully saturated rings. The van der Waals surface area contributed by atoms with Crippen LogP contribution in [0.25, 0.3) is 11.0 Å². The van der Waals surface area contributed by atoms with Crippen molar-refractivity contribution < 1.29 is 18.0 Å². The Morgan fingerprint density at radius 2 is 1.87 bits per heavy atom. The summed E-state index contributed by atoms with van der Waals surface area (Å²) in [5.41, 5.74) is 1.68. The van der Waals surface area contributed by atoms with Crippen LogP contribution < -0.4 is 0 Å². The zero-order valence-electron chi connectivity index (χ0n) is 22.2. The maximum Gasteiger partial charge on any atom is 0.417 e. The van der Waals surface area contributed by atoms with E-state index in [4.69, 9.17) is 5.26 Å². The van der Waals surface area contributed by atoms with E-state index >= 15 is 0 Å². The fourth-order valence-electron chi connectivity index (χ4n) is 6.39. The zero-order chi connectivity index (χ0) is 27.7. The number of piperidine rings is 1. The maximum absolute atomic E-state index is 14.7. The Kier molecular flexibility index (Phi) is 7.53. The molecule has 1 saturated carbocycles. The van der Waals surface area contributed by atoms with Crippen LogP contribution in [0.3, 0.4) is 0 Å². The van der Waals surface area contributed by atoms with Crippen molar-refractivity contribution in [1.82, 2.24) is 14.5 Å². The van der Waals surface area contributed by atoms with Crippen LogP contribution in [-0.2, 0) is 19.6 Å². The number of halogens is 3. The minimum Gasteiger partial charge on any atom is -0.375 e. The molecule has 8 heteroatoms. The van der Waals surface area contributed by atoms with E-state index in [1.54, 1.807) is 29.9 Å². The standard InChI is InChI=1S/C31H33F3N4O/c1-20(22-8-4-3-5-9-22)38-13-11-23(12-14-38)26-19-37(2)30-28(26)29(31(32,33)34)25(18-36-30)16-27(39)24-10-6-7-21(15-24)17-35/h6-7,10,15,18-19,22-23H,1,3-5,8-9,11-14,16H2,2H3. The number of ketones is 1. The molecule has 5 nitrogen and oxygen atoms in total. The number of allylic oxidation sites excluding steroid dienone is 1. The first-order chi connectivity index (χ1) is 18.7. The highest BCUT2D eigenvalue weighted by molar-refractivity contribution is 5.99. The Balaban J connectivity index is 1.45. The van der Waals surface area contributed by atoms with E-state index in [0.29, 0.717) is 11.5 Å². The number of likely N-dealkylation sites (tertiary alicyclic amines) is 1. The number of hydrogen-bond donors (Lipinski definition) is 0. The molecule has 2 aliphatic rings. The summed E-state index contributed by atoms with van der Waals surface area (Å²) >= 11 is 0. The molecule has 204 valence electrons. The summed E-state index contributed by atoms with van der Waals surface area (Å²) in [6, 6.07) is 8.00. The molecule has 0 atom stereocenters. The predicted molar refractivity (Wildman–Crippen MR) is 144 cm³/mol. The van der Waals surface area contributed by atoms with E-state index in [9.17, 15) is 18.0 Å². The Morgan fingerprint density at radius 1 is 1.15 bits per heavy atom. The molecule has 1 aliphatic carbocycles. The maximum atomic E-state index is 14.7. The van der Waals surface area contributed by atoms with Crippen LogP contribution >= 0.6 is 0 Å². The van der Waals surface area contributed by atoms with Crippen molar-refractivity contribution in [3.05, 3.63) is 76.8 Å². The van der Waals surface area contributed by atoms with Gasteiger partial charge in [0.1, 0.15) is 5.65 Å². The van der Waals surface area contributed by atoms with Gasteiger partial charge in [-0.2, -0.15) is 18.4 Å². The molecule has 1 aromatic carbocycles. The molecular weight excluding hydrogens is 501 g/mol. The van der Waals surface area contributed by atoms with Crippen LogP contribution in [0.15, 0.2) is 48.9 Å². The lowest BCUT2D eigenvalue weighted by Crippen LogP contribution is -2.35. The number of pyridine rings is 1. The molecule has 0 radical (unpaired) electrons. The first kappa shape index (κ1) is 27.0. The second kappa shape index (κ2) is 10.9. The molecule has 2 aromatic heterocycles. The van der Waals surface area contributed by atoms with Gasteiger partial charge in [0.05, 0.1) is 17.2 Å². The third kappa shape index (κ3) is 5.45. The van der Waals surface area contributed by atoms with Crippen molar-refractivity contribution >= 4 is 16.8 Å². The normalized spacial score (nSPS) is 17.4. The molecule has 0 unspecified atom stereocenters. The van der Waals surface area contributed by atoms with E-state index in [1.165, 1.54) is 56.1 Å². The highest BCUT2D eigenvalue weighted by Crippen LogP contribution is 2.43. The lowest BCUT2D eigenvalue weighted by molar-refractivity contribution is -0.136. The molecule has 5 rings (SSSR count). The van der Waals surface area contributed by atoms with Crippen LogP contribution in [0, 0.1) is 17.2 Å². The van der Waals surface area contributed by atoms with E-state index in [0.717, 1.165) is 25.9 Å². The van der Waals surface area contributed by atoms with Gasteiger partial charge in [-0.15, -0.1) is 0 Å². The average Bonchev–Trinajstić information content (AvgIpc) is 3.28. The van der Waals surface area contributed by atoms with Gasteiger partial charge in [0.25, 0.3) is 0 Å². The zero-order valence-corrected chi connectivity index (χ0v) is 22.2. The molecular formula is C31H33F3N4O. The van der Waals surface area contributed by atoms with Gasteiger partial charge < -0.3 is 9.47 Å². The van der Waals surface area contributed by atoms with E-state index < -0.39 is 23.9 Å². The smallest absolute Gasteiger partial charge is 0.375 e. The first-order valence-electron chi connectivity index (χ1n) is 13.7. The number of alkyl halides is 3. The largest absolute Gasteiger partial charge is 0.417 e. The van der Waals surface area contributed by atoms with Crippen molar-refractivity contribution in [2.75, 3.05) is 13.1 Å². The number of aryl methyl sites for hydroxylation is 1. The molecule has 3 heterocycles. The molecule has 0 amide bonds. The van der Waals surface area contributed by atoms with Gasteiger partial charge in [-0.1, -0.05) is 38.0 Å². The van der Waals surface area contributed by atoms with Crippen molar-refractivity contribution in [1.29, 1.82) is 5.26 Å². The summed E-state index contributed by atoms with van der Waals surface area (Å²) < 4.78 is 45.7. The number of benzene rings is 1. The second-order valence-electron chi connectivity index (χ2n) is 10.9. The molecule has 0 N–H and O–H groups in total. The van der Waals surface area contributed by atoms with E-state index in [-0.39, 0.29) is 33.6 Å². The summed E-state index contributed by atoms with van der Waals surface area (Å²) in [6.45, 7) is 5.94. The van der Waals surface area contributed by atoms with E-state index in [1.807, 2.05) is 6.07 Å². The Hall–Kier alpha value is -3.60. The number of rotatable bonds is 6. The monoisotopic (exact) mass is 534 g/mol. The molecule has 39 heavy (non-hydrogen) atoms. The third-order valence-electron chi connectivity index (χ3n) is 8.46. The van der Waals surface area contributed by atoms with Crippen LogP contribution in [-0.4, -0.2) is 33.3 Å². The van der Waals surface area contributed by atoms with Crippen molar-refractivity contribution in [2.45, 2.75) is 63.5 Å². The number of nitrogens with zero attached hydrogens (tertiary/aromatic N) is 4. The summed E-state index contributed by atoms with van der Waals surface area (Å²) in [4.78, 5) is 19.7. The van der Waals surface area contributed by atoms with Crippen molar-refractivity contribution in [3.8, 4) is 6.07 Å². The number of fused-ring (bicyclic) bond motifs is 1. The minimum absolute atomic E-state index is 0.0368. The number of nitriles is 1. The van der Waals surface area contributed by atoms with Gasteiger partial charge in [0, 0.05) is 55.6 Å². The molecule has 0 bridgehead atoms. The van der Waals surface area contributed by atoms with Gasteiger partial charge in [0.2, 0.25) is 0 Å². The number of carbonyl (C=O) groups excluding carboxylic acids is 1. The highest BCUT2D eigenvalue weighted by atomic mass is 19.4. The predicted octanol–water partition coefficient (Wildman–Crippen LogP) is 7.16. The van der Waals surface area contributed by atoms with Gasteiger partial charge in [-0.3, -0.25) is 4.79 Å². The summed E-state index contributed by atoms with van der Waals surface area (Å²) in [6.07, 6.45) is 5.44. The molecule has 3 aromatic rings.